The highest BCUT2D eigenvalue weighted by Crippen LogP contribution is 2.22. The highest BCUT2D eigenvalue weighted by atomic mass is 79.9. The van der Waals surface area contributed by atoms with Gasteiger partial charge in [-0.05, 0) is 29.9 Å². The van der Waals surface area contributed by atoms with E-state index < -0.39 is 12.2 Å². The minimum Gasteiger partial charge on any atom is -0.390 e. The molecule has 2 unspecified atom stereocenters. The summed E-state index contributed by atoms with van der Waals surface area (Å²) in [5, 5.41) is 19.3. The topological polar surface area (TPSA) is 40.5 Å². The molecule has 14 heavy (non-hydrogen) atoms. The van der Waals surface area contributed by atoms with E-state index >= 15 is 0 Å². The predicted molar refractivity (Wildman–Crippen MR) is 63.6 cm³/mol. The Balaban J connectivity index is 2.73. The van der Waals surface area contributed by atoms with Crippen LogP contribution in [0.25, 0.3) is 0 Å². The van der Waals surface area contributed by atoms with Gasteiger partial charge in [-0.1, -0.05) is 28.1 Å². The number of aliphatic hydroxyl groups is 2. The molecule has 0 bridgehead atoms. The molecule has 0 heterocycles. The predicted octanol–water partition coefficient (Wildman–Crippen LogP) is 2.16. The number of thiol groups is 1. The Bertz CT molecular complexity index is 293. The van der Waals surface area contributed by atoms with Crippen LogP contribution < -0.4 is 0 Å². The number of benzene rings is 1. The third-order valence-corrected chi connectivity index (χ3v) is 2.73. The second kappa shape index (κ2) is 5.75. The van der Waals surface area contributed by atoms with Crippen molar-refractivity contribution < 1.29 is 10.2 Å². The van der Waals surface area contributed by atoms with Crippen LogP contribution in [0, 0.1) is 0 Å². The van der Waals surface area contributed by atoms with Gasteiger partial charge in [0.25, 0.3) is 0 Å². The molecule has 4 heteroatoms. The number of aliphatic hydroxyl groups excluding tert-OH is 2. The summed E-state index contributed by atoms with van der Waals surface area (Å²) in [6, 6.07) is 7.29. The van der Waals surface area contributed by atoms with Gasteiger partial charge in [-0.15, -0.1) is 0 Å². The summed E-state index contributed by atoms with van der Waals surface area (Å²) in [6.07, 6.45) is -1.10. The van der Waals surface area contributed by atoms with Crippen molar-refractivity contribution in [3.05, 3.63) is 34.3 Å². The standard InChI is InChI=1S/C10H13BrO2S/c11-8-3-1-2-7(6-8)10(13)9(12)4-5-14/h1-3,6,9-10,12-14H,4-5H2. The zero-order chi connectivity index (χ0) is 10.6. The fourth-order valence-electron chi connectivity index (χ4n) is 1.20. The molecule has 1 aromatic carbocycles. The first-order valence-corrected chi connectivity index (χ1v) is 5.80. The molecule has 0 aliphatic carbocycles. The van der Waals surface area contributed by atoms with E-state index in [9.17, 15) is 10.2 Å². The van der Waals surface area contributed by atoms with Crippen LogP contribution in [0.5, 0.6) is 0 Å². The maximum atomic E-state index is 9.74. The molecule has 0 radical (unpaired) electrons. The Morgan fingerprint density at radius 2 is 2.07 bits per heavy atom. The highest BCUT2D eigenvalue weighted by molar-refractivity contribution is 9.10. The molecular weight excluding hydrogens is 264 g/mol. The van der Waals surface area contributed by atoms with Crippen LogP contribution in [0.4, 0.5) is 0 Å². The molecule has 0 aromatic heterocycles. The van der Waals surface area contributed by atoms with Crippen LogP contribution in [-0.2, 0) is 0 Å². The highest BCUT2D eigenvalue weighted by Gasteiger charge is 2.17. The fourth-order valence-corrected chi connectivity index (χ4v) is 1.88. The van der Waals surface area contributed by atoms with Crippen molar-refractivity contribution >= 4 is 28.6 Å². The van der Waals surface area contributed by atoms with Crippen LogP contribution in [0.3, 0.4) is 0 Å². The molecule has 1 aromatic rings. The molecule has 0 amide bonds. The average Bonchev–Trinajstić information content (AvgIpc) is 2.17. The molecule has 0 aliphatic rings. The van der Waals surface area contributed by atoms with Crippen LogP contribution in [0.1, 0.15) is 18.1 Å². The number of hydrogen-bond acceptors (Lipinski definition) is 3. The van der Waals surface area contributed by atoms with Gasteiger partial charge in [0.15, 0.2) is 0 Å². The van der Waals surface area contributed by atoms with Gasteiger partial charge in [-0.25, -0.2) is 0 Å². The first-order chi connectivity index (χ1) is 6.65. The Morgan fingerprint density at radius 1 is 1.36 bits per heavy atom. The number of halogens is 1. The maximum absolute atomic E-state index is 9.74. The SMILES string of the molecule is OC(CCS)C(O)c1cccc(Br)c1. The molecule has 0 saturated carbocycles. The van der Waals surface area contributed by atoms with Gasteiger partial charge < -0.3 is 10.2 Å². The minimum atomic E-state index is -0.834. The Hall–Kier alpha value is -0.0300. The second-order valence-electron chi connectivity index (χ2n) is 3.08. The third-order valence-electron chi connectivity index (χ3n) is 1.98. The lowest BCUT2D eigenvalue weighted by atomic mass is 10.0. The van der Waals surface area contributed by atoms with E-state index in [2.05, 4.69) is 28.6 Å². The summed E-state index contributed by atoms with van der Waals surface area (Å²) in [5.74, 6) is 0.562. The van der Waals surface area contributed by atoms with Gasteiger partial charge in [0, 0.05) is 4.47 Å². The van der Waals surface area contributed by atoms with Crippen LogP contribution in [-0.4, -0.2) is 22.1 Å². The van der Waals surface area contributed by atoms with E-state index in [1.165, 1.54) is 0 Å². The van der Waals surface area contributed by atoms with Crippen molar-refractivity contribution in [1.29, 1.82) is 0 Å². The van der Waals surface area contributed by atoms with Gasteiger partial charge in [0.05, 0.1) is 6.10 Å². The van der Waals surface area contributed by atoms with Gasteiger partial charge in [0.1, 0.15) is 6.10 Å². The van der Waals surface area contributed by atoms with Crippen molar-refractivity contribution in [3.63, 3.8) is 0 Å². The zero-order valence-electron chi connectivity index (χ0n) is 7.60. The molecular formula is C10H13BrO2S. The van der Waals surface area contributed by atoms with Crippen molar-refractivity contribution in [2.24, 2.45) is 0 Å². The first-order valence-electron chi connectivity index (χ1n) is 4.37. The molecule has 2 atom stereocenters. The van der Waals surface area contributed by atoms with Crippen molar-refractivity contribution in [1.82, 2.24) is 0 Å². The van der Waals surface area contributed by atoms with E-state index in [1.54, 1.807) is 12.1 Å². The van der Waals surface area contributed by atoms with Crippen LogP contribution >= 0.6 is 28.6 Å². The zero-order valence-corrected chi connectivity index (χ0v) is 10.1. The molecule has 2 N–H and O–H groups in total. The monoisotopic (exact) mass is 276 g/mol. The van der Waals surface area contributed by atoms with E-state index in [-0.39, 0.29) is 0 Å². The fraction of sp³-hybridized carbons (Fsp3) is 0.400. The molecule has 2 nitrogen and oxygen atoms in total. The second-order valence-corrected chi connectivity index (χ2v) is 4.44. The molecule has 78 valence electrons. The summed E-state index contributed by atoms with van der Waals surface area (Å²) in [7, 11) is 0. The Labute approximate surface area is 97.5 Å². The smallest absolute Gasteiger partial charge is 0.105 e. The summed E-state index contributed by atoms with van der Waals surface area (Å²) in [6.45, 7) is 0. The third kappa shape index (κ3) is 3.28. The lowest BCUT2D eigenvalue weighted by Crippen LogP contribution is -2.18. The average molecular weight is 277 g/mol. The lowest BCUT2D eigenvalue weighted by Gasteiger charge is -2.17. The molecule has 0 saturated heterocycles. The summed E-state index contributed by atoms with van der Waals surface area (Å²) in [4.78, 5) is 0. The molecule has 0 aliphatic heterocycles. The minimum absolute atomic E-state index is 0.483. The normalized spacial score (nSPS) is 15.1. The maximum Gasteiger partial charge on any atom is 0.105 e. The number of rotatable bonds is 4. The van der Waals surface area contributed by atoms with Gasteiger partial charge in [-0.2, -0.15) is 12.6 Å². The van der Waals surface area contributed by atoms with Gasteiger partial charge in [-0.3, -0.25) is 0 Å². The lowest BCUT2D eigenvalue weighted by molar-refractivity contribution is 0.0172. The van der Waals surface area contributed by atoms with E-state index in [1.807, 2.05) is 12.1 Å². The number of hydrogen-bond donors (Lipinski definition) is 3. The largest absolute Gasteiger partial charge is 0.390 e. The molecule has 0 spiro atoms. The van der Waals surface area contributed by atoms with Gasteiger partial charge in [0.2, 0.25) is 0 Å². The molecule has 1 rings (SSSR count). The van der Waals surface area contributed by atoms with Gasteiger partial charge >= 0.3 is 0 Å². The quantitative estimate of drug-likeness (QED) is 0.738. The summed E-state index contributed by atoms with van der Waals surface area (Å²) < 4.78 is 0.895. The van der Waals surface area contributed by atoms with E-state index in [0.29, 0.717) is 17.7 Å². The van der Waals surface area contributed by atoms with Crippen molar-refractivity contribution in [2.75, 3.05) is 5.75 Å². The Kier molecular flexibility index (Phi) is 4.95. The van der Waals surface area contributed by atoms with Crippen LogP contribution in [0.2, 0.25) is 0 Å². The first kappa shape index (κ1) is 12.0. The van der Waals surface area contributed by atoms with E-state index in [4.69, 9.17) is 0 Å². The Morgan fingerprint density at radius 3 is 2.64 bits per heavy atom. The summed E-state index contributed by atoms with van der Waals surface area (Å²) in [5.41, 5.74) is 0.716. The summed E-state index contributed by atoms with van der Waals surface area (Å²) >= 11 is 7.32. The van der Waals surface area contributed by atoms with E-state index in [0.717, 1.165) is 4.47 Å². The van der Waals surface area contributed by atoms with Crippen molar-refractivity contribution in [2.45, 2.75) is 18.6 Å². The van der Waals surface area contributed by atoms with Crippen molar-refractivity contribution in [3.8, 4) is 0 Å². The molecule has 0 fully saturated rings. The van der Waals surface area contributed by atoms with Crippen LogP contribution in [0.15, 0.2) is 28.7 Å².